The molecule has 41 heavy (non-hydrogen) atoms. The summed E-state index contributed by atoms with van der Waals surface area (Å²) in [5.41, 5.74) is 3.09. The molecule has 1 aromatic heterocycles. The molecule has 0 atom stereocenters. The van der Waals surface area contributed by atoms with Gasteiger partial charge in [0, 0.05) is 34.4 Å². The molecule has 0 saturated carbocycles. The highest BCUT2D eigenvalue weighted by molar-refractivity contribution is 8.18. The van der Waals surface area contributed by atoms with Crippen molar-refractivity contribution in [2.75, 3.05) is 12.1 Å². The van der Waals surface area contributed by atoms with Gasteiger partial charge in [0.25, 0.3) is 11.1 Å². The summed E-state index contributed by atoms with van der Waals surface area (Å²) in [4.78, 5) is 40.8. The Morgan fingerprint density at radius 2 is 1.71 bits per heavy atom. The van der Waals surface area contributed by atoms with Crippen LogP contribution in [0.5, 0.6) is 11.5 Å². The maximum Gasteiger partial charge on any atom is 0.293 e. The molecular weight excluding hydrogens is 538 g/mol. The van der Waals surface area contributed by atoms with Gasteiger partial charge in [0.1, 0.15) is 6.54 Å². The number of aromatic nitrogens is 1. The Balaban J connectivity index is 1.12. The van der Waals surface area contributed by atoms with Crippen molar-refractivity contribution in [3.8, 4) is 11.5 Å². The van der Waals surface area contributed by atoms with Crippen molar-refractivity contribution in [2.45, 2.75) is 13.1 Å². The van der Waals surface area contributed by atoms with Crippen molar-refractivity contribution in [1.29, 1.82) is 0 Å². The summed E-state index contributed by atoms with van der Waals surface area (Å²) in [5.74, 6) is 0.689. The average molecular weight is 562 g/mol. The number of hydrogen-bond acceptors (Lipinski definition) is 6. The van der Waals surface area contributed by atoms with Crippen LogP contribution in [0.1, 0.15) is 11.1 Å². The van der Waals surface area contributed by atoms with Crippen molar-refractivity contribution in [3.63, 3.8) is 0 Å². The molecule has 2 aliphatic rings. The molecule has 1 fully saturated rings. The summed E-state index contributed by atoms with van der Waals surface area (Å²) < 4.78 is 12.6. The number of rotatable bonds is 6. The average Bonchev–Trinajstić information content (AvgIpc) is 3.66. The van der Waals surface area contributed by atoms with Crippen LogP contribution in [-0.4, -0.2) is 33.3 Å². The summed E-state index contributed by atoms with van der Waals surface area (Å²) in [7, 11) is 0. The summed E-state index contributed by atoms with van der Waals surface area (Å²) in [6, 6.07) is 26.8. The Labute approximate surface area is 239 Å². The van der Waals surface area contributed by atoms with E-state index in [0.29, 0.717) is 22.1 Å². The number of hydrogen-bond donors (Lipinski definition) is 1. The zero-order valence-electron chi connectivity index (χ0n) is 21.7. The molecule has 0 unspecified atom stereocenters. The van der Waals surface area contributed by atoms with Gasteiger partial charge in [0.15, 0.2) is 11.5 Å². The van der Waals surface area contributed by atoms with Crippen LogP contribution in [0, 0.1) is 0 Å². The highest BCUT2D eigenvalue weighted by Gasteiger charge is 2.35. The minimum atomic E-state index is -0.328. The quantitative estimate of drug-likeness (QED) is 0.241. The van der Waals surface area contributed by atoms with Gasteiger partial charge < -0.3 is 19.4 Å². The summed E-state index contributed by atoms with van der Waals surface area (Å²) in [6.07, 6.45) is 3.57. The fourth-order valence-corrected chi connectivity index (χ4v) is 5.98. The molecule has 7 rings (SSSR count). The van der Waals surface area contributed by atoms with Gasteiger partial charge in [0.05, 0.1) is 11.4 Å². The van der Waals surface area contributed by atoms with Crippen LogP contribution in [0.3, 0.4) is 0 Å². The molecule has 0 radical (unpaired) electrons. The topological polar surface area (TPSA) is 89.9 Å². The van der Waals surface area contributed by atoms with E-state index in [1.807, 2.05) is 77.5 Å². The van der Waals surface area contributed by atoms with E-state index in [4.69, 9.17) is 9.47 Å². The molecule has 0 spiro atoms. The number of fused-ring (bicyclic) bond motifs is 3. The smallest absolute Gasteiger partial charge is 0.293 e. The number of nitrogens with zero attached hydrogens (tertiary/aromatic N) is 2. The van der Waals surface area contributed by atoms with Gasteiger partial charge in [0.2, 0.25) is 12.7 Å². The van der Waals surface area contributed by atoms with E-state index < -0.39 is 0 Å². The second-order valence-electron chi connectivity index (χ2n) is 9.80. The first-order valence-electron chi connectivity index (χ1n) is 13.0. The molecule has 4 aromatic carbocycles. The lowest BCUT2D eigenvalue weighted by Gasteiger charge is -2.13. The van der Waals surface area contributed by atoms with Gasteiger partial charge in [-0.05, 0) is 58.4 Å². The lowest BCUT2D eigenvalue weighted by molar-refractivity contribution is -0.123. The van der Waals surface area contributed by atoms with Crippen molar-refractivity contribution in [3.05, 3.63) is 107 Å². The van der Waals surface area contributed by atoms with E-state index in [2.05, 4.69) is 5.32 Å². The van der Waals surface area contributed by atoms with E-state index in [0.717, 1.165) is 44.6 Å². The number of imide groups is 1. The molecule has 1 N–H and O–H groups in total. The number of anilines is 1. The molecule has 202 valence electrons. The molecular formula is C32H23N3O5S. The fraction of sp³-hybridized carbons (Fsp3) is 0.0938. The largest absolute Gasteiger partial charge is 0.454 e. The minimum Gasteiger partial charge on any atom is -0.454 e. The van der Waals surface area contributed by atoms with Crippen molar-refractivity contribution < 1.29 is 23.9 Å². The van der Waals surface area contributed by atoms with Crippen LogP contribution in [0.25, 0.3) is 27.8 Å². The van der Waals surface area contributed by atoms with Gasteiger partial charge in [-0.25, -0.2) is 0 Å². The number of nitrogens with one attached hydrogen (secondary N) is 1. The third kappa shape index (κ3) is 4.81. The molecule has 0 aliphatic carbocycles. The first kappa shape index (κ1) is 25.0. The molecule has 1 saturated heterocycles. The number of ether oxygens (including phenoxy) is 2. The predicted octanol–water partition coefficient (Wildman–Crippen LogP) is 6.40. The van der Waals surface area contributed by atoms with Crippen LogP contribution in [0.15, 0.2) is 96.0 Å². The first-order chi connectivity index (χ1) is 20.0. The molecule has 3 heterocycles. The van der Waals surface area contributed by atoms with E-state index in [1.165, 1.54) is 4.90 Å². The summed E-state index contributed by atoms with van der Waals surface area (Å²) in [5, 5.41) is 5.64. The standard InChI is InChI=1S/C32H23N3O5S/c36-30(33-24-11-12-27-28(15-24)40-19-39-27)18-34-17-23(25-7-3-4-8-26(25)34)14-29-31(37)35(32(38)41-29)16-20-9-10-21-5-1-2-6-22(21)13-20/h1-15,17H,16,18-19H2,(H,33,36)/b29-14-. The maximum atomic E-state index is 13.3. The highest BCUT2D eigenvalue weighted by Crippen LogP contribution is 2.36. The first-order valence-corrected chi connectivity index (χ1v) is 13.8. The number of thioether (sulfide) groups is 1. The van der Waals surface area contributed by atoms with Crippen LogP contribution in [-0.2, 0) is 22.7 Å². The molecule has 9 heteroatoms. The third-order valence-corrected chi connectivity index (χ3v) is 8.01. The van der Waals surface area contributed by atoms with Crippen LogP contribution < -0.4 is 14.8 Å². The zero-order chi connectivity index (χ0) is 27.9. The Hall–Kier alpha value is -5.02. The van der Waals surface area contributed by atoms with Crippen LogP contribution in [0.2, 0.25) is 0 Å². The van der Waals surface area contributed by atoms with Crippen molar-refractivity contribution >= 4 is 62.3 Å². The maximum absolute atomic E-state index is 13.3. The van der Waals surface area contributed by atoms with Crippen LogP contribution in [0.4, 0.5) is 10.5 Å². The second-order valence-corrected chi connectivity index (χ2v) is 10.8. The van der Waals surface area contributed by atoms with Gasteiger partial charge in [-0.3, -0.25) is 19.3 Å². The van der Waals surface area contributed by atoms with Gasteiger partial charge in [-0.2, -0.15) is 0 Å². The van der Waals surface area contributed by atoms with Crippen molar-refractivity contribution in [1.82, 2.24) is 9.47 Å². The summed E-state index contributed by atoms with van der Waals surface area (Å²) >= 11 is 0.931. The number of benzene rings is 4. The molecule has 3 amide bonds. The van der Waals surface area contributed by atoms with E-state index in [9.17, 15) is 14.4 Å². The monoisotopic (exact) mass is 561 g/mol. The molecule has 0 bridgehead atoms. The third-order valence-electron chi connectivity index (χ3n) is 7.10. The Kier molecular flexibility index (Phi) is 6.20. The van der Waals surface area contributed by atoms with Gasteiger partial charge >= 0.3 is 0 Å². The number of amides is 3. The summed E-state index contributed by atoms with van der Waals surface area (Å²) in [6.45, 7) is 0.425. The Morgan fingerprint density at radius 1 is 0.902 bits per heavy atom. The van der Waals surface area contributed by atoms with E-state index in [-0.39, 0.29) is 36.9 Å². The van der Waals surface area contributed by atoms with E-state index >= 15 is 0 Å². The van der Waals surface area contributed by atoms with Gasteiger partial charge in [-0.15, -0.1) is 0 Å². The zero-order valence-corrected chi connectivity index (χ0v) is 22.5. The lowest BCUT2D eigenvalue weighted by atomic mass is 10.1. The van der Waals surface area contributed by atoms with Crippen molar-refractivity contribution in [2.24, 2.45) is 0 Å². The number of carbonyl (C=O) groups is 3. The lowest BCUT2D eigenvalue weighted by Crippen LogP contribution is -2.27. The Bertz CT molecular complexity index is 1910. The number of para-hydroxylation sites is 1. The van der Waals surface area contributed by atoms with Gasteiger partial charge in [-0.1, -0.05) is 54.6 Å². The van der Waals surface area contributed by atoms with Crippen LogP contribution >= 0.6 is 11.8 Å². The predicted molar refractivity (Wildman–Crippen MR) is 159 cm³/mol. The molecule has 8 nitrogen and oxygen atoms in total. The van der Waals surface area contributed by atoms with E-state index in [1.54, 1.807) is 24.3 Å². The normalized spacial score (nSPS) is 15.4. The fourth-order valence-electron chi connectivity index (χ4n) is 5.15. The molecule has 5 aromatic rings. The second kappa shape index (κ2) is 10.2. The number of carbonyl (C=O) groups excluding carboxylic acids is 3. The highest BCUT2D eigenvalue weighted by atomic mass is 32.2. The Morgan fingerprint density at radius 3 is 2.61 bits per heavy atom. The minimum absolute atomic E-state index is 0.0617. The molecule has 2 aliphatic heterocycles. The SMILES string of the molecule is O=C(Cn1cc(/C=C2\SC(=O)N(Cc3ccc4ccccc4c3)C2=O)c2ccccc21)Nc1ccc2c(c1)OCO2.